The Morgan fingerprint density at radius 1 is 1.30 bits per heavy atom. The number of carbonyl (C=O) groups is 1. The first kappa shape index (κ1) is 12.6. The monoisotopic (exact) mass is 291 g/mol. The maximum Gasteiger partial charge on any atom is 0.338 e. The number of hydrogen-bond donors (Lipinski definition) is 1. The van der Waals surface area contributed by atoms with Crippen molar-refractivity contribution in [2.45, 2.75) is 0 Å². The minimum Gasteiger partial charge on any atom is -0.478 e. The summed E-state index contributed by atoms with van der Waals surface area (Å²) >= 11 is 5.63. The van der Waals surface area contributed by atoms with Crippen LogP contribution in [0, 0.1) is 5.82 Å². The van der Waals surface area contributed by atoms with Crippen molar-refractivity contribution < 1.29 is 14.3 Å². The number of fused-ring (bicyclic) bond motifs is 1. The summed E-state index contributed by atoms with van der Waals surface area (Å²) in [5.41, 5.74) is 1.18. The first-order valence-electron chi connectivity index (χ1n) is 5.61. The molecule has 0 saturated carbocycles. The third-order valence-electron chi connectivity index (χ3n) is 2.86. The van der Waals surface area contributed by atoms with E-state index in [1.807, 2.05) is 0 Å². The molecule has 5 nitrogen and oxygen atoms in total. The third kappa shape index (κ3) is 1.90. The number of rotatable bonds is 2. The minimum absolute atomic E-state index is 0.00407. The lowest BCUT2D eigenvalue weighted by Crippen LogP contribution is -1.99. The maximum atomic E-state index is 13.5. The van der Waals surface area contributed by atoms with Gasteiger partial charge in [0, 0.05) is 6.07 Å². The molecule has 0 aliphatic rings. The van der Waals surface area contributed by atoms with Gasteiger partial charge in [-0.15, -0.1) is 5.10 Å². The Balaban J connectivity index is 2.25. The molecule has 1 heterocycles. The Hall–Kier alpha value is -2.47. The predicted octanol–water partition coefficient (Wildman–Crippen LogP) is 2.91. The van der Waals surface area contributed by atoms with Crippen molar-refractivity contribution in [2.75, 3.05) is 0 Å². The van der Waals surface area contributed by atoms with Crippen molar-refractivity contribution in [1.82, 2.24) is 15.0 Å². The lowest BCUT2D eigenvalue weighted by molar-refractivity contribution is 0.0699. The van der Waals surface area contributed by atoms with Gasteiger partial charge in [-0.25, -0.2) is 13.9 Å². The largest absolute Gasteiger partial charge is 0.478 e. The van der Waals surface area contributed by atoms with E-state index in [0.717, 1.165) is 0 Å². The predicted molar refractivity (Wildman–Crippen MR) is 70.8 cm³/mol. The van der Waals surface area contributed by atoms with E-state index in [0.29, 0.717) is 11.2 Å². The number of halogens is 2. The molecule has 3 aromatic rings. The van der Waals surface area contributed by atoms with Crippen molar-refractivity contribution in [3.05, 3.63) is 52.8 Å². The van der Waals surface area contributed by atoms with E-state index in [4.69, 9.17) is 16.7 Å². The Labute approximate surface area is 117 Å². The second kappa shape index (κ2) is 4.57. The van der Waals surface area contributed by atoms with Crippen LogP contribution in [0.4, 0.5) is 4.39 Å². The SMILES string of the molecule is O=C(O)c1cccc2c1nnn2-c1ccc(Cl)c(F)c1. The summed E-state index contributed by atoms with van der Waals surface area (Å²) in [5, 5.41) is 16.8. The van der Waals surface area contributed by atoms with Crippen LogP contribution in [0.15, 0.2) is 36.4 Å². The first-order chi connectivity index (χ1) is 9.58. The van der Waals surface area contributed by atoms with Crippen molar-refractivity contribution in [3.63, 3.8) is 0 Å². The van der Waals surface area contributed by atoms with E-state index >= 15 is 0 Å². The number of benzene rings is 2. The van der Waals surface area contributed by atoms with E-state index in [1.54, 1.807) is 18.2 Å². The molecule has 0 saturated heterocycles. The molecular formula is C13H7ClFN3O2. The van der Waals surface area contributed by atoms with Gasteiger partial charge in [-0.3, -0.25) is 0 Å². The van der Waals surface area contributed by atoms with E-state index in [9.17, 15) is 9.18 Å². The highest BCUT2D eigenvalue weighted by atomic mass is 35.5. The highest BCUT2D eigenvalue weighted by molar-refractivity contribution is 6.30. The van der Waals surface area contributed by atoms with E-state index in [-0.39, 0.29) is 16.1 Å². The Bertz CT molecular complexity index is 832. The smallest absolute Gasteiger partial charge is 0.338 e. The number of hydrogen-bond acceptors (Lipinski definition) is 3. The van der Waals surface area contributed by atoms with Crippen LogP contribution in [0.3, 0.4) is 0 Å². The summed E-state index contributed by atoms with van der Waals surface area (Å²) in [5.74, 6) is -1.67. The molecule has 0 aliphatic carbocycles. The van der Waals surface area contributed by atoms with Gasteiger partial charge >= 0.3 is 5.97 Å². The van der Waals surface area contributed by atoms with Crippen LogP contribution in [-0.4, -0.2) is 26.1 Å². The van der Waals surface area contributed by atoms with Crippen LogP contribution < -0.4 is 0 Å². The fourth-order valence-electron chi connectivity index (χ4n) is 1.93. The summed E-state index contributed by atoms with van der Waals surface area (Å²) < 4.78 is 14.9. The molecule has 20 heavy (non-hydrogen) atoms. The number of aromatic carboxylic acids is 1. The van der Waals surface area contributed by atoms with Gasteiger partial charge in [0.25, 0.3) is 0 Å². The van der Waals surface area contributed by atoms with Gasteiger partial charge in [-0.05, 0) is 24.3 Å². The summed E-state index contributed by atoms with van der Waals surface area (Å²) in [6.07, 6.45) is 0. The summed E-state index contributed by atoms with van der Waals surface area (Å²) in [6, 6.07) is 8.87. The molecule has 3 rings (SSSR count). The quantitative estimate of drug-likeness (QED) is 0.788. The van der Waals surface area contributed by atoms with E-state index in [2.05, 4.69) is 10.3 Å². The van der Waals surface area contributed by atoms with Gasteiger partial charge in [0.15, 0.2) is 0 Å². The zero-order chi connectivity index (χ0) is 14.3. The van der Waals surface area contributed by atoms with E-state index in [1.165, 1.54) is 22.9 Å². The summed E-state index contributed by atoms with van der Waals surface area (Å²) in [6.45, 7) is 0. The van der Waals surface area contributed by atoms with Crippen LogP contribution in [0.1, 0.15) is 10.4 Å². The fraction of sp³-hybridized carbons (Fsp3) is 0. The normalized spacial score (nSPS) is 10.9. The van der Waals surface area contributed by atoms with Gasteiger partial charge in [-0.2, -0.15) is 0 Å². The Kier molecular flexibility index (Phi) is 2.87. The number of carboxylic acid groups (broad SMARTS) is 1. The standard InChI is InChI=1S/C13H7ClFN3O2/c14-9-5-4-7(6-10(9)15)18-11-3-1-2-8(13(19)20)12(11)16-17-18/h1-6H,(H,19,20). The van der Waals surface area contributed by atoms with Crippen LogP contribution in [0.5, 0.6) is 0 Å². The van der Waals surface area contributed by atoms with Gasteiger partial charge < -0.3 is 5.11 Å². The highest BCUT2D eigenvalue weighted by Crippen LogP contribution is 2.22. The lowest BCUT2D eigenvalue weighted by atomic mass is 10.2. The minimum atomic E-state index is -1.09. The van der Waals surface area contributed by atoms with Crippen LogP contribution in [0.2, 0.25) is 5.02 Å². The number of nitrogens with zero attached hydrogens (tertiary/aromatic N) is 3. The van der Waals surface area contributed by atoms with E-state index < -0.39 is 11.8 Å². The zero-order valence-corrected chi connectivity index (χ0v) is 10.7. The molecule has 7 heteroatoms. The average Bonchev–Trinajstić information content (AvgIpc) is 2.85. The second-order valence-corrected chi connectivity index (χ2v) is 4.49. The molecule has 1 N–H and O–H groups in total. The van der Waals surface area contributed by atoms with Crippen molar-refractivity contribution in [1.29, 1.82) is 0 Å². The molecule has 0 aliphatic heterocycles. The molecule has 0 bridgehead atoms. The number of carboxylic acids is 1. The molecule has 1 aromatic heterocycles. The number of aromatic nitrogens is 3. The second-order valence-electron chi connectivity index (χ2n) is 4.08. The topological polar surface area (TPSA) is 68.0 Å². The summed E-state index contributed by atoms with van der Waals surface area (Å²) in [7, 11) is 0. The molecule has 2 aromatic carbocycles. The van der Waals surface area contributed by atoms with Gasteiger partial charge in [0.1, 0.15) is 11.3 Å². The van der Waals surface area contributed by atoms with Crippen LogP contribution >= 0.6 is 11.6 Å². The van der Waals surface area contributed by atoms with Crippen molar-refractivity contribution in [3.8, 4) is 5.69 Å². The van der Waals surface area contributed by atoms with Crippen LogP contribution in [0.25, 0.3) is 16.7 Å². The average molecular weight is 292 g/mol. The molecule has 0 unspecified atom stereocenters. The first-order valence-corrected chi connectivity index (χ1v) is 5.99. The van der Waals surface area contributed by atoms with Crippen molar-refractivity contribution in [2.24, 2.45) is 0 Å². The maximum absolute atomic E-state index is 13.5. The molecule has 0 atom stereocenters. The molecule has 0 amide bonds. The Morgan fingerprint density at radius 2 is 2.10 bits per heavy atom. The lowest BCUT2D eigenvalue weighted by Gasteiger charge is -2.03. The molecule has 0 fully saturated rings. The third-order valence-corrected chi connectivity index (χ3v) is 3.16. The molecule has 100 valence electrons. The fourth-order valence-corrected chi connectivity index (χ4v) is 2.04. The zero-order valence-electron chi connectivity index (χ0n) is 9.92. The molecule has 0 spiro atoms. The van der Waals surface area contributed by atoms with Gasteiger partial charge in [-0.1, -0.05) is 22.9 Å². The highest BCUT2D eigenvalue weighted by Gasteiger charge is 2.15. The van der Waals surface area contributed by atoms with Crippen molar-refractivity contribution >= 4 is 28.6 Å². The summed E-state index contributed by atoms with van der Waals surface area (Å²) in [4.78, 5) is 11.1. The Morgan fingerprint density at radius 3 is 2.80 bits per heavy atom. The van der Waals surface area contributed by atoms with Crippen LogP contribution in [-0.2, 0) is 0 Å². The molecular weight excluding hydrogens is 285 g/mol. The molecule has 0 radical (unpaired) electrons. The van der Waals surface area contributed by atoms with Gasteiger partial charge in [0.2, 0.25) is 0 Å². The van der Waals surface area contributed by atoms with Gasteiger partial charge in [0.05, 0.1) is 21.8 Å².